The molecule has 0 bridgehead atoms. The van der Waals surface area contributed by atoms with E-state index in [1.54, 1.807) is 6.07 Å². The van der Waals surface area contributed by atoms with Crippen molar-refractivity contribution in [2.24, 2.45) is 5.73 Å². The van der Waals surface area contributed by atoms with Crippen LogP contribution in [0, 0.1) is 21.4 Å². The number of amides is 1. The number of hydrogen-bond donors (Lipinski definition) is 4. The first-order valence-corrected chi connectivity index (χ1v) is 7.36. The highest BCUT2D eigenvalue weighted by molar-refractivity contribution is 6.12. The van der Waals surface area contributed by atoms with Crippen LogP contribution in [-0.2, 0) is 10.2 Å². The molecule has 0 fully saturated rings. The molecule has 2 aliphatic heterocycles. The molecule has 12 heteroatoms. The van der Waals surface area contributed by atoms with E-state index >= 15 is 0 Å². The number of nitrogens with two attached hydrogens (primary N) is 1. The summed E-state index contributed by atoms with van der Waals surface area (Å²) in [5.41, 5.74) is 0.685. The average Bonchev–Trinajstić information content (AvgIpc) is 2.86. The topological polar surface area (TPSA) is 197 Å². The zero-order valence-electron chi connectivity index (χ0n) is 13.2. The Balaban J connectivity index is 2.21. The third-order valence-corrected chi connectivity index (χ3v) is 4.44. The summed E-state index contributed by atoms with van der Waals surface area (Å²) in [7, 11) is 0. The van der Waals surface area contributed by atoms with Crippen LogP contribution in [0.15, 0.2) is 39.2 Å². The Hall–Kier alpha value is -4.40. The predicted molar refractivity (Wildman–Crippen MR) is 87.6 cm³/mol. The average molecular weight is 368 g/mol. The second kappa shape index (κ2) is 5.05. The summed E-state index contributed by atoms with van der Waals surface area (Å²) in [6.07, 6.45) is 0. The Kier molecular flexibility index (Phi) is 3.01. The van der Waals surface area contributed by atoms with E-state index in [4.69, 9.17) is 10.5 Å². The lowest BCUT2D eigenvalue weighted by Crippen LogP contribution is -2.48. The van der Waals surface area contributed by atoms with Gasteiger partial charge in [0.2, 0.25) is 17.7 Å². The van der Waals surface area contributed by atoms with Gasteiger partial charge in [0.25, 0.3) is 11.2 Å². The highest BCUT2D eigenvalue weighted by Gasteiger charge is 2.58. The van der Waals surface area contributed by atoms with Crippen LogP contribution in [0.2, 0.25) is 0 Å². The first kappa shape index (κ1) is 16.1. The normalized spacial score (nSPS) is 19.7. The fourth-order valence-corrected chi connectivity index (χ4v) is 3.39. The predicted octanol–water partition coefficient (Wildman–Crippen LogP) is -0.704. The van der Waals surface area contributed by atoms with Crippen molar-refractivity contribution in [3.63, 3.8) is 0 Å². The second-order valence-electron chi connectivity index (χ2n) is 5.76. The largest absolute Gasteiger partial charge is 0.423 e. The minimum atomic E-state index is -2.11. The number of nitrogens with zero attached hydrogens (tertiary/aromatic N) is 2. The number of hydrogen-bond acceptors (Lipinski definition) is 8. The van der Waals surface area contributed by atoms with Crippen molar-refractivity contribution in [2.45, 2.75) is 5.41 Å². The number of nitriles is 1. The molecule has 0 aliphatic carbocycles. The summed E-state index contributed by atoms with van der Waals surface area (Å²) < 4.78 is 5.17. The lowest BCUT2D eigenvalue weighted by Gasteiger charge is -2.31. The summed E-state index contributed by atoms with van der Waals surface area (Å²) >= 11 is 0. The van der Waals surface area contributed by atoms with Gasteiger partial charge in [-0.1, -0.05) is 0 Å². The molecule has 4 rings (SSSR count). The Morgan fingerprint density at radius 1 is 1.26 bits per heavy atom. The molecule has 3 heterocycles. The summed E-state index contributed by atoms with van der Waals surface area (Å²) in [6, 6.07) is 5.25. The fraction of sp³-hybridized carbons (Fsp3) is 0.0667. The van der Waals surface area contributed by atoms with E-state index in [1.165, 1.54) is 6.07 Å². The summed E-state index contributed by atoms with van der Waals surface area (Å²) in [5, 5.41) is 23.3. The van der Waals surface area contributed by atoms with E-state index in [1.807, 2.05) is 4.98 Å². The van der Waals surface area contributed by atoms with Crippen molar-refractivity contribution in [1.82, 2.24) is 9.97 Å². The molecule has 27 heavy (non-hydrogen) atoms. The van der Waals surface area contributed by atoms with E-state index in [0.717, 1.165) is 12.1 Å². The van der Waals surface area contributed by atoms with Crippen LogP contribution < -0.4 is 27.0 Å². The summed E-state index contributed by atoms with van der Waals surface area (Å²) in [5.74, 6) is -1.77. The summed E-state index contributed by atoms with van der Waals surface area (Å²) in [4.78, 5) is 51.8. The number of non-ortho nitro benzene ring substituents is 1. The number of benzene rings is 1. The highest BCUT2D eigenvalue weighted by atomic mass is 16.6. The fourth-order valence-electron chi connectivity index (χ4n) is 3.39. The molecule has 12 nitrogen and oxygen atoms in total. The number of anilines is 1. The number of rotatable bonds is 1. The molecular weight excluding hydrogens is 360 g/mol. The molecule has 2 aliphatic rings. The van der Waals surface area contributed by atoms with Gasteiger partial charge in [0.15, 0.2) is 5.41 Å². The molecule has 1 amide bonds. The van der Waals surface area contributed by atoms with Crippen molar-refractivity contribution < 1.29 is 14.5 Å². The van der Waals surface area contributed by atoms with Gasteiger partial charge in [-0.15, -0.1) is 0 Å². The Morgan fingerprint density at radius 3 is 2.67 bits per heavy atom. The van der Waals surface area contributed by atoms with Crippen LogP contribution in [0.1, 0.15) is 11.1 Å². The van der Waals surface area contributed by atoms with Gasteiger partial charge >= 0.3 is 5.69 Å². The Morgan fingerprint density at radius 2 is 2.00 bits per heavy atom. The number of nitro groups is 1. The van der Waals surface area contributed by atoms with E-state index < -0.39 is 50.4 Å². The smallest absolute Gasteiger partial charge is 0.328 e. The van der Waals surface area contributed by atoms with Crippen LogP contribution in [0.5, 0.6) is 5.88 Å². The van der Waals surface area contributed by atoms with Crippen molar-refractivity contribution in [1.29, 1.82) is 5.26 Å². The molecule has 1 aromatic heterocycles. The third-order valence-electron chi connectivity index (χ3n) is 4.44. The van der Waals surface area contributed by atoms with E-state index in [0.29, 0.717) is 0 Å². The molecule has 0 radical (unpaired) electrons. The van der Waals surface area contributed by atoms with Gasteiger partial charge < -0.3 is 15.8 Å². The van der Waals surface area contributed by atoms with Gasteiger partial charge in [-0.25, -0.2) is 4.79 Å². The molecule has 134 valence electrons. The second-order valence-corrected chi connectivity index (χ2v) is 5.76. The van der Waals surface area contributed by atoms with Gasteiger partial charge in [-0.3, -0.25) is 29.7 Å². The molecule has 5 N–H and O–H groups in total. The number of aromatic amines is 2. The zero-order valence-corrected chi connectivity index (χ0v) is 13.2. The van der Waals surface area contributed by atoms with Gasteiger partial charge in [-0.05, 0) is 6.07 Å². The first-order valence-electron chi connectivity index (χ1n) is 7.36. The Bertz CT molecular complexity index is 1250. The monoisotopic (exact) mass is 368 g/mol. The molecule has 0 saturated heterocycles. The van der Waals surface area contributed by atoms with Crippen molar-refractivity contribution in [3.8, 4) is 11.9 Å². The highest BCUT2D eigenvalue weighted by Crippen LogP contribution is 2.51. The number of ether oxygens (including phenoxy) is 1. The number of nitro benzene ring substituents is 1. The minimum absolute atomic E-state index is 0.0247. The van der Waals surface area contributed by atoms with Crippen LogP contribution in [0.25, 0.3) is 0 Å². The van der Waals surface area contributed by atoms with E-state index in [9.17, 15) is 29.8 Å². The standard InChI is InChI=1S/C15H8N6O6/c16-4-7-10(17)27-12-9(11(22)19-14(24)20-12)15(7)6-3-5(21(25)26)1-2-8(6)18-13(15)23/h1-3H,17H2,(H,18,23)(H2,19,20,22,24). The lowest BCUT2D eigenvalue weighted by atomic mass is 9.69. The maximum absolute atomic E-state index is 13.0. The van der Waals surface area contributed by atoms with Crippen LogP contribution in [0.4, 0.5) is 11.4 Å². The van der Waals surface area contributed by atoms with Crippen molar-refractivity contribution >= 4 is 17.3 Å². The molecule has 1 spiro atoms. The lowest BCUT2D eigenvalue weighted by molar-refractivity contribution is -0.384. The van der Waals surface area contributed by atoms with Crippen molar-refractivity contribution in [2.75, 3.05) is 5.32 Å². The van der Waals surface area contributed by atoms with E-state index in [2.05, 4.69) is 10.3 Å². The van der Waals surface area contributed by atoms with Crippen LogP contribution in [-0.4, -0.2) is 20.8 Å². The number of fused-ring (bicyclic) bond motifs is 4. The van der Waals surface area contributed by atoms with Crippen LogP contribution in [0.3, 0.4) is 0 Å². The zero-order chi connectivity index (χ0) is 19.5. The first-order chi connectivity index (χ1) is 12.8. The van der Waals surface area contributed by atoms with Gasteiger partial charge in [0.05, 0.1) is 4.92 Å². The molecular formula is C15H8N6O6. The third kappa shape index (κ3) is 1.87. The quantitative estimate of drug-likeness (QED) is 0.374. The number of aromatic nitrogens is 2. The SMILES string of the molecule is N#CC1=C(N)Oc2[nH]c(=O)[nH]c(=O)c2C12C(=O)Nc1ccc([N+](=O)[O-])cc12. The van der Waals surface area contributed by atoms with Gasteiger partial charge in [0, 0.05) is 23.4 Å². The Labute approximate surface area is 148 Å². The van der Waals surface area contributed by atoms with E-state index in [-0.39, 0.29) is 16.9 Å². The van der Waals surface area contributed by atoms with Gasteiger partial charge in [-0.2, -0.15) is 5.26 Å². The van der Waals surface area contributed by atoms with Gasteiger partial charge in [0.1, 0.15) is 17.2 Å². The number of carbonyl (C=O) groups is 1. The maximum atomic E-state index is 13.0. The molecule has 1 unspecified atom stereocenters. The number of H-pyrrole nitrogens is 2. The number of nitrogens with one attached hydrogen (secondary N) is 3. The molecule has 1 aromatic carbocycles. The molecule has 0 saturated carbocycles. The van der Waals surface area contributed by atoms with Crippen LogP contribution >= 0.6 is 0 Å². The minimum Gasteiger partial charge on any atom is -0.423 e. The maximum Gasteiger partial charge on any atom is 0.328 e. The molecule has 1 atom stereocenters. The van der Waals surface area contributed by atoms with Crippen molar-refractivity contribution in [3.05, 3.63) is 71.7 Å². The summed E-state index contributed by atoms with van der Waals surface area (Å²) in [6.45, 7) is 0. The molecule has 2 aromatic rings. The number of carbonyl (C=O) groups excluding carboxylic acids is 1.